The van der Waals surface area contributed by atoms with Gasteiger partial charge in [-0.2, -0.15) is 0 Å². The highest BCUT2D eigenvalue weighted by atomic mass is 32.1. The average Bonchev–Trinajstić information content (AvgIpc) is 2.49. The van der Waals surface area contributed by atoms with Crippen LogP contribution in [0.15, 0.2) is 17.5 Å². The van der Waals surface area contributed by atoms with Gasteiger partial charge in [0.1, 0.15) is 0 Å². The maximum absolute atomic E-state index is 5.84. The van der Waals surface area contributed by atoms with Crippen molar-refractivity contribution in [2.75, 3.05) is 0 Å². The van der Waals surface area contributed by atoms with Crippen LogP contribution in [0.2, 0.25) is 0 Å². The second kappa shape index (κ2) is 2.95. The molecule has 2 rings (SSSR count). The molecule has 0 spiro atoms. The Balaban J connectivity index is 1.91. The van der Waals surface area contributed by atoms with Gasteiger partial charge in [-0.3, -0.25) is 0 Å². The fourth-order valence-electron chi connectivity index (χ4n) is 1.54. The van der Waals surface area contributed by atoms with E-state index in [2.05, 4.69) is 17.5 Å². The van der Waals surface area contributed by atoms with Crippen molar-refractivity contribution in [3.63, 3.8) is 0 Å². The Labute approximate surface area is 71.2 Å². The molecular formula is C9H13NS. The molecule has 1 aliphatic carbocycles. The van der Waals surface area contributed by atoms with E-state index < -0.39 is 0 Å². The molecule has 0 radical (unpaired) electrons. The average molecular weight is 167 g/mol. The summed E-state index contributed by atoms with van der Waals surface area (Å²) in [6.45, 7) is 0. The van der Waals surface area contributed by atoms with Crippen molar-refractivity contribution in [1.82, 2.24) is 0 Å². The minimum Gasteiger partial charge on any atom is -0.327 e. The van der Waals surface area contributed by atoms with Gasteiger partial charge in [-0.1, -0.05) is 6.07 Å². The highest BCUT2D eigenvalue weighted by molar-refractivity contribution is 7.09. The van der Waals surface area contributed by atoms with Crippen LogP contribution in [0.3, 0.4) is 0 Å². The minimum absolute atomic E-state index is 0.483. The quantitative estimate of drug-likeness (QED) is 0.716. The predicted octanol–water partition coefficient (Wildman–Crippen LogP) is 2.03. The lowest BCUT2D eigenvalue weighted by molar-refractivity contribution is 0.257. The van der Waals surface area contributed by atoms with Gasteiger partial charge in [0.15, 0.2) is 0 Å². The number of rotatable bonds is 2. The van der Waals surface area contributed by atoms with Gasteiger partial charge in [0, 0.05) is 10.9 Å². The highest BCUT2D eigenvalue weighted by Gasteiger charge is 2.27. The van der Waals surface area contributed by atoms with Crippen LogP contribution >= 0.6 is 11.3 Å². The first kappa shape index (κ1) is 7.32. The fraction of sp³-hybridized carbons (Fsp3) is 0.556. The van der Waals surface area contributed by atoms with Crippen LogP contribution in [-0.2, 0) is 6.42 Å². The van der Waals surface area contributed by atoms with E-state index in [1.807, 2.05) is 11.3 Å². The topological polar surface area (TPSA) is 26.0 Å². The van der Waals surface area contributed by atoms with Gasteiger partial charge >= 0.3 is 0 Å². The summed E-state index contributed by atoms with van der Waals surface area (Å²) in [6.07, 6.45) is 3.77. The summed E-state index contributed by atoms with van der Waals surface area (Å²) in [6, 6.07) is 4.80. The van der Waals surface area contributed by atoms with Crippen molar-refractivity contribution < 1.29 is 0 Å². The first-order valence-electron chi connectivity index (χ1n) is 4.14. The van der Waals surface area contributed by atoms with Gasteiger partial charge in [-0.05, 0) is 36.6 Å². The molecule has 2 heteroatoms. The number of thiophene rings is 1. The smallest absolute Gasteiger partial charge is 0.00707 e. The van der Waals surface area contributed by atoms with Crippen molar-refractivity contribution in [1.29, 1.82) is 0 Å². The van der Waals surface area contributed by atoms with Gasteiger partial charge in [0.2, 0.25) is 0 Å². The molecule has 1 saturated carbocycles. The van der Waals surface area contributed by atoms with Crippen molar-refractivity contribution in [3.05, 3.63) is 22.4 Å². The summed E-state index contributed by atoms with van der Waals surface area (Å²) >= 11 is 1.85. The van der Waals surface area contributed by atoms with Gasteiger partial charge in [0.25, 0.3) is 0 Å². The summed E-state index contributed by atoms with van der Waals surface area (Å²) in [5, 5.41) is 2.14. The van der Waals surface area contributed by atoms with Crippen LogP contribution in [0, 0.1) is 5.92 Å². The van der Waals surface area contributed by atoms with E-state index in [0.29, 0.717) is 6.04 Å². The molecule has 2 N–H and O–H groups in total. The Kier molecular flexibility index (Phi) is 1.96. The van der Waals surface area contributed by atoms with Crippen LogP contribution in [0.25, 0.3) is 0 Å². The molecule has 1 aromatic rings. The van der Waals surface area contributed by atoms with E-state index in [1.54, 1.807) is 0 Å². The van der Waals surface area contributed by atoms with Crippen molar-refractivity contribution in [2.24, 2.45) is 11.7 Å². The van der Waals surface area contributed by atoms with Crippen molar-refractivity contribution in [2.45, 2.75) is 25.3 Å². The summed E-state index contributed by atoms with van der Waals surface area (Å²) in [5.41, 5.74) is 5.84. The number of nitrogens with two attached hydrogens (primary N) is 1. The van der Waals surface area contributed by atoms with Crippen LogP contribution < -0.4 is 5.73 Å². The van der Waals surface area contributed by atoms with Crippen molar-refractivity contribution in [3.8, 4) is 0 Å². The lowest BCUT2D eigenvalue weighted by atomic mass is 9.78. The largest absolute Gasteiger partial charge is 0.327 e. The molecule has 0 saturated heterocycles. The number of hydrogen-bond donors (Lipinski definition) is 1. The zero-order valence-corrected chi connectivity index (χ0v) is 7.31. The van der Waals surface area contributed by atoms with E-state index in [-0.39, 0.29) is 0 Å². The summed E-state index contributed by atoms with van der Waals surface area (Å²) in [4.78, 5) is 1.49. The Bertz CT molecular complexity index is 217. The molecule has 1 heterocycles. The van der Waals surface area contributed by atoms with Gasteiger partial charge in [-0.15, -0.1) is 11.3 Å². The third-order valence-electron chi connectivity index (χ3n) is 2.52. The molecule has 1 aromatic heterocycles. The molecule has 0 amide bonds. The summed E-state index contributed by atoms with van der Waals surface area (Å²) in [5.74, 6) is 0.772. The SMILES string of the molecule is NC1CCC1Cc1cccs1. The minimum atomic E-state index is 0.483. The zero-order valence-electron chi connectivity index (χ0n) is 6.49. The molecular weight excluding hydrogens is 154 g/mol. The highest BCUT2D eigenvalue weighted by Crippen LogP contribution is 2.30. The monoisotopic (exact) mass is 167 g/mol. The zero-order chi connectivity index (χ0) is 7.68. The maximum atomic E-state index is 5.84. The van der Waals surface area contributed by atoms with Crippen LogP contribution in [0.4, 0.5) is 0 Å². The van der Waals surface area contributed by atoms with Crippen LogP contribution in [0.5, 0.6) is 0 Å². The second-order valence-electron chi connectivity index (χ2n) is 3.28. The molecule has 0 aliphatic heterocycles. The third kappa shape index (κ3) is 1.47. The first-order valence-corrected chi connectivity index (χ1v) is 5.02. The molecule has 1 aliphatic rings. The Morgan fingerprint density at radius 3 is 2.91 bits per heavy atom. The van der Waals surface area contributed by atoms with Gasteiger partial charge < -0.3 is 5.73 Å². The lowest BCUT2D eigenvalue weighted by Gasteiger charge is -2.33. The normalized spacial score (nSPS) is 29.9. The van der Waals surface area contributed by atoms with E-state index in [9.17, 15) is 0 Å². The Morgan fingerprint density at radius 1 is 1.55 bits per heavy atom. The molecule has 1 nitrogen and oxygen atoms in total. The molecule has 2 atom stereocenters. The molecule has 2 unspecified atom stereocenters. The molecule has 0 aromatic carbocycles. The Morgan fingerprint density at radius 2 is 2.45 bits per heavy atom. The predicted molar refractivity (Wildman–Crippen MR) is 48.7 cm³/mol. The van der Waals surface area contributed by atoms with E-state index >= 15 is 0 Å². The molecule has 0 bridgehead atoms. The standard InChI is InChI=1S/C9H13NS/c10-9-4-3-7(9)6-8-2-1-5-11-8/h1-2,5,7,9H,3-4,6,10H2. The fourth-order valence-corrected chi connectivity index (χ4v) is 2.33. The van der Waals surface area contributed by atoms with E-state index in [1.165, 1.54) is 24.1 Å². The summed E-state index contributed by atoms with van der Waals surface area (Å²) in [7, 11) is 0. The van der Waals surface area contributed by atoms with E-state index in [0.717, 1.165) is 5.92 Å². The summed E-state index contributed by atoms with van der Waals surface area (Å²) < 4.78 is 0. The van der Waals surface area contributed by atoms with Crippen LogP contribution in [0.1, 0.15) is 17.7 Å². The van der Waals surface area contributed by atoms with E-state index in [4.69, 9.17) is 5.73 Å². The maximum Gasteiger partial charge on any atom is 0.00707 e. The molecule has 60 valence electrons. The van der Waals surface area contributed by atoms with Gasteiger partial charge in [-0.25, -0.2) is 0 Å². The second-order valence-corrected chi connectivity index (χ2v) is 4.32. The lowest BCUT2D eigenvalue weighted by Crippen LogP contribution is -2.40. The van der Waals surface area contributed by atoms with Gasteiger partial charge in [0.05, 0.1) is 0 Å². The third-order valence-corrected chi connectivity index (χ3v) is 3.42. The first-order chi connectivity index (χ1) is 5.36. The molecule has 11 heavy (non-hydrogen) atoms. The Hall–Kier alpha value is -0.340. The van der Waals surface area contributed by atoms with Crippen LogP contribution in [-0.4, -0.2) is 6.04 Å². The number of hydrogen-bond acceptors (Lipinski definition) is 2. The van der Waals surface area contributed by atoms with Crippen molar-refractivity contribution >= 4 is 11.3 Å². The molecule has 1 fully saturated rings.